The van der Waals surface area contributed by atoms with Crippen LogP contribution >= 0.6 is 0 Å². The zero-order chi connectivity index (χ0) is 14.7. The molecule has 1 aromatic carbocycles. The van der Waals surface area contributed by atoms with Crippen LogP contribution in [0.3, 0.4) is 0 Å². The summed E-state index contributed by atoms with van der Waals surface area (Å²) in [7, 11) is -3.25. The number of hydrazine groups is 1. The number of sulfone groups is 1. The standard InChI is InChI=1S/C12H19N3O3S/c1-12(2,19(3,17)18)8-14-11(16)9-6-4-5-7-10(9)15-13/h4-7,15H,8,13H2,1-3H3,(H,14,16). The number of hydrogen-bond acceptors (Lipinski definition) is 5. The van der Waals surface area contributed by atoms with Crippen molar-refractivity contribution in [3.05, 3.63) is 29.8 Å². The second-order valence-corrected chi connectivity index (χ2v) is 7.55. The van der Waals surface area contributed by atoms with Crippen LogP contribution in [-0.4, -0.2) is 31.9 Å². The summed E-state index contributed by atoms with van der Waals surface area (Å²) in [6.45, 7) is 3.16. The minimum Gasteiger partial charge on any atom is -0.350 e. The van der Waals surface area contributed by atoms with Crippen LogP contribution in [-0.2, 0) is 9.84 Å². The molecule has 0 unspecified atom stereocenters. The summed E-state index contributed by atoms with van der Waals surface area (Å²) in [5.41, 5.74) is 3.28. The number of carbonyl (C=O) groups is 1. The van der Waals surface area contributed by atoms with Gasteiger partial charge in [0.25, 0.3) is 5.91 Å². The Bertz CT molecular complexity index is 567. The lowest BCUT2D eigenvalue weighted by molar-refractivity contribution is 0.0951. The number of nitrogens with two attached hydrogens (primary N) is 1. The summed E-state index contributed by atoms with van der Waals surface area (Å²) in [5, 5.41) is 2.61. The summed E-state index contributed by atoms with van der Waals surface area (Å²) in [6, 6.07) is 6.72. The second kappa shape index (κ2) is 5.58. The van der Waals surface area contributed by atoms with Crippen LogP contribution in [0.1, 0.15) is 24.2 Å². The molecule has 19 heavy (non-hydrogen) atoms. The van der Waals surface area contributed by atoms with Gasteiger partial charge in [-0.2, -0.15) is 0 Å². The molecule has 7 heteroatoms. The number of carbonyl (C=O) groups excluding carboxylic acids is 1. The molecule has 1 aromatic rings. The predicted octanol–water partition coefficient (Wildman–Crippen LogP) is 0.525. The zero-order valence-electron chi connectivity index (χ0n) is 11.2. The molecule has 1 amide bonds. The molecule has 0 aliphatic rings. The van der Waals surface area contributed by atoms with E-state index in [0.717, 1.165) is 6.26 Å². The fourth-order valence-corrected chi connectivity index (χ4v) is 1.66. The average Bonchev–Trinajstić information content (AvgIpc) is 2.34. The Morgan fingerprint density at radius 2 is 1.89 bits per heavy atom. The Kier molecular flexibility index (Phi) is 4.54. The van der Waals surface area contributed by atoms with Gasteiger partial charge < -0.3 is 10.7 Å². The van der Waals surface area contributed by atoms with Crippen LogP contribution in [0.15, 0.2) is 24.3 Å². The third kappa shape index (κ3) is 3.68. The normalized spacial score (nSPS) is 12.0. The lowest BCUT2D eigenvalue weighted by atomic mass is 10.1. The number of anilines is 1. The number of hydrogen-bond donors (Lipinski definition) is 3. The number of nitrogens with one attached hydrogen (secondary N) is 2. The lowest BCUT2D eigenvalue weighted by Crippen LogP contribution is -2.43. The van der Waals surface area contributed by atoms with Gasteiger partial charge in [-0.25, -0.2) is 8.42 Å². The average molecular weight is 285 g/mol. The van der Waals surface area contributed by atoms with Gasteiger partial charge in [-0.3, -0.25) is 10.6 Å². The third-order valence-electron chi connectivity index (χ3n) is 3.01. The van der Waals surface area contributed by atoms with Crippen molar-refractivity contribution in [3.8, 4) is 0 Å². The van der Waals surface area contributed by atoms with Crippen molar-refractivity contribution < 1.29 is 13.2 Å². The Morgan fingerprint density at radius 3 is 2.42 bits per heavy atom. The van der Waals surface area contributed by atoms with Crippen molar-refractivity contribution in [2.45, 2.75) is 18.6 Å². The SMILES string of the molecule is CC(C)(CNC(=O)c1ccccc1NN)S(C)(=O)=O. The molecule has 0 bridgehead atoms. The van der Waals surface area contributed by atoms with Gasteiger partial charge in [-0.1, -0.05) is 12.1 Å². The first kappa shape index (κ1) is 15.5. The molecule has 0 saturated heterocycles. The molecule has 0 fully saturated rings. The van der Waals surface area contributed by atoms with Crippen molar-refractivity contribution in [2.24, 2.45) is 5.84 Å². The van der Waals surface area contributed by atoms with E-state index in [2.05, 4.69) is 10.7 Å². The van der Waals surface area contributed by atoms with Crippen LogP contribution in [0.2, 0.25) is 0 Å². The monoisotopic (exact) mass is 285 g/mol. The van der Waals surface area contributed by atoms with Crippen LogP contribution in [0.5, 0.6) is 0 Å². The zero-order valence-corrected chi connectivity index (χ0v) is 12.0. The van der Waals surface area contributed by atoms with Crippen molar-refractivity contribution in [3.63, 3.8) is 0 Å². The highest BCUT2D eigenvalue weighted by molar-refractivity contribution is 7.92. The van der Waals surface area contributed by atoms with Crippen molar-refractivity contribution in [1.82, 2.24) is 5.32 Å². The minimum atomic E-state index is -3.25. The molecular formula is C12H19N3O3S. The first-order chi connectivity index (χ1) is 8.69. The van der Waals surface area contributed by atoms with E-state index in [1.165, 1.54) is 0 Å². The van der Waals surface area contributed by atoms with Gasteiger partial charge >= 0.3 is 0 Å². The molecular weight excluding hydrogens is 266 g/mol. The van der Waals surface area contributed by atoms with Gasteiger partial charge in [0.05, 0.1) is 16.0 Å². The molecule has 0 heterocycles. The summed E-state index contributed by atoms with van der Waals surface area (Å²) in [5.74, 6) is 4.94. The molecule has 0 aromatic heterocycles. The van der Waals surface area contributed by atoms with E-state index < -0.39 is 14.6 Å². The highest BCUT2D eigenvalue weighted by Crippen LogP contribution is 2.16. The number of benzene rings is 1. The minimum absolute atomic E-state index is 0.0313. The number of amides is 1. The topological polar surface area (TPSA) is 101 Å². The lowest BCUT2D eigenvalue weighted by Gasteiger charge is -2.23. The molecule has 0 saturated carbocycles. The maximum absolute atomic E-state index is 12.0. The maximum Gasteiger partial charge on any atom is 0.253 e. The van der Waals surface area contributed by atoms with Crippen LogP contribution in [0, 0.1) is 0 Å². The molecule has 0 radical (unpaired) electrons. The summed E-state index contributed by atoms with van der Waals surface area (Å²) < 4.78 is 22.1. The quantitative estimate of drug-likeness (QED) is 0.541. The van der Waals surface area contributed by atoms with Gasteiger partial charge in [0.2, 0.25) is 0 Å². The fraction of sp³-hybridized carbons (Fsp3) is 0.417. The van der Waals surface area contributed by atoms with E-state index in [0.29, 0.717) is 11.3 Å². The molecule has 1 rings (SSSR count). The summed E-state index contributed by atoms with van der Waals surface area (Å²) >= 11 is 0. The van der Waals surface area contributed by atoms with Crippen LogP contribution in [0.4, 0.5) is 5.69 Å². The van der Waals surface area contributed by atoms with Gasteiger partial charge in [0.15, 0.2) is 9.84 Å². The van der Waals surface area contributed by atoms with Gasteiger partial charge in [-0.05, 0) is 26.0 Å². The van der Waals surface area contributed by atoms with Crippen molar-refractivity contribution in [2.75, 3.05) is 18.2 Å². The predicted molar refractivity (Wildman–Crippen MR) is 75.5 cm³/mol. The maximum atomic E-state index is 12.0. The second-order valence-electron chi connectivity index (χ2n) is 4.90. The van der Waals surface area contributed by atoms with E-state index in [9.17, 15) is 13.2 Å². The van der Waals surface area contributed by atoms with Crippen molar-refractivity contribution >= 4 is 21.4 Å². The molecule has 0 aliphatic heterocycles. The Morgan fingerprint density at radius 1 is 1.32 bits per heavy atom. The smallest absolute Gasteiger partial charge is 0.253 e. The molecule has 0 aliphatic carbocycles. The van der Waals surface area contributed by atoms with Crippen molar-refractivity contribution in [1.29, 1.82) is 0 Å². The Hall–Kier alpha value is -1.60. The molecule has 0 spiro atoms. The van der Waals surface area contributed by atoms with Gasteiger partial charge in [0, 0.05) is 12.8 Å². The summed E-state index contributed by atoms with van der Waals surface area (Å²) in [6.07, 6.45) is 1.15. The highest BCUT2D eigenvalue weighted by atomic mass is 32.2. The molecule has 6 nitrogen and oxygen atoms in total. The number of rotatable bonds is 5. The Balaban J connectivity index is 2.82. The van der Waals surface area contributed by atoms with Gasteiger partial charge in [0.1, 0.15) is 0 Å². The number of nitrogen functional groups attached to an aromatic ring is 1. The molecule has 0 atom stereocenters. The van der Waals surface area contributed by atoms with Gasteiger partial charge in [-0.15, -0.1) is 0 Å². The van der Waals surface area contributed by atoms with E-state index >= 15 is 0 Å². The fourth-order valence-electron chi connectivity index (χ4n) is 1.33. The van der Waals surface area contributed by atoms with E-state index in [-0.39, 0.29) is 12.5 Å². The van der Waals surface area contributed by atoms with E-state index in [1.807, 2.05) is 0 Å². The largest absolute Gasteiger partial charge is 0.350 e. The number of para-hydroxylation sites is 1. The van der Waals surface area contributed by atoms with Crippen LogP contribution in [0.25, 0.3) is 0 Å². The van der Waals surface area contributed by atoms with E-state index in [4.69, 9.17) is 5.84 Å². The first-order valence-electron chi connectivity index (χ1n) is 5.72. The van der Waals surface area contributed by atoms with E-state index in [1.54, 1.807) is 38.1 Å². The van der Waals surface area contributed by atoms with Crippen LogP contribution < -0.4 is 16.6 Å². The third-order valence-corrected chi connectivity index (χ3v) is 5.16. The molecule has 4 N–H and O–H groups in total. The molecule has 106 valence electrons. The highest BCUT2D eigenvalue weighted by Gasteiger charge is 2.30. The summed E-state index contributed by atoms with van der Waals surface area (Å²) in [4.78, 5) is 12.0. The first-order valence-corrected chi connectivity index (χ1v) is 7.61. The Labute approximate surface area is 113 Å².